The van der Waals surface area contributed by atoms with Crippen LogP contribution in [0, 0.1) is 0 Å². The number of anilines is 1. The van der Waals surface area contributed by atoms with Crippen LogP contribution < -0.4 is 5.73 Å². The van der Waals surface area contributed by atoms with Gasteiger partial charge in [-0.15, -0.1) is 0 Å². The number of fused-ring (bicyclic) bond motifs is 1. The number of hydrogen-bond acceptors (Lipinski definition) is 6. The van der Waals surface area contributed by atoms with Crippen molar-refractivity contribution < 1.29 is 8.94 Å². The Kier molecular flexibility index (Phi) is 2.47. The Morgan fingerprint density at radius 3 is 2.81 bits per heavy atom. The molecule has 3 aromatic heterocycles. The molecule has 21 heavy (non-hydrogen) atoms. The van der Waals surface area contributed by atoms with Crippen molar-refractivity contribution in [3.8, 4) is 23.0 Å². The first-order valence-electron chi connectivity index (χ1n) is 6.33. The first kappa shape index (κ1) is 11.7. The second-order valence-electron chi connectivity index (χ2n) is 4.55. The summed E-state index contributed by atoms with van der Waals surface area (Å²) in [6, 6.07) is 11.2. The van der Waals surface area contributed by atoms with Crippen LogP contribution in [0.3, 0.4) is 0 Å². The van der Waals surface area contributed by atoms with Gasteiger partial charge in [-0.2, -0.15) is 4.98 Å². The van der Waals surface area contributed by atoms with E-state index in [0.717, 1.165) is 16.5 Å². The highest BCUT2D eigenvalue weighted by Crippen LogP contribution is 2.29. The summed E-state index contributed by atoms with van der Waals surface area (Å²) >= 11 is 0. The number of nitrogens with two attached hydrogens (primary N) is 1. The highest BCUT2D eigenvalue weighted by Gasteiger charge is 2.15. The average Bonchev–Trinajstić information content (AvgIpc) is 3.14. The van der Waals surface area contributed by atoms with Gasteiger partial charge in [-0.05, 0) is 18.2 Å². The first-order valence-corrected chi connectivity index (χ1v) is 6.33. The molecule has 0 saturated carbocycles. The summed E-state index contributed by atoms with van der Waals surface area (Å²) < 4.78 is 10.7. The van der Waals surface area contributed by atoms with Gasteiger partial charge in [-0.3, -0.25) is 0 Å². The van der Waals surface area contributed by atoms with Gasteiger partial charge in [0.05, 0.1) is 17.4 Å². The largest absolute Gasteiger partial charge is 0.464 e. The Hall–Kier alpha value is -3.15. The molecule has 0 saturated heterocycles. The van der Waals surface area contributed by atoms with E-state index in [4.69, 9.17) is 14.7 Å². The Morgan fingerprint density at radius 2 is 1.95 bits per heavy atom. The zero-order valence-corrected chi connectivity index (χ0v) is 10.9. The van der Waals surface area contributed by atoms with Gasteiger partial charge < -0.3 is 14.7 Å². The van der Waals surface area contributed by atoms with Gasteiger partial charge in [0.15, 0.2) is 0 Å². The molecule has 0 aliphatic rings. The smallest absolute Gasteiger partial charge is 0.276 e. The van der Waals surface area contributed by atoms with E-state index in [1.165, 1.54) is 0 Å². The minimum atomic E-state index is 0.343. The molecular formula is C15H10N4O2. The van der Waals surface area contributed by atoms with Crippen molar-refractivity contribution in [3.63, 3.8) is 0 Å². The number of pyridine rings is 1. The van der Waals surface area contributed by atoms with Crippen molar-refractivity contribution >= 4 is 16.7 Å². The van der Waals surface area contributed by atoms with Crippen LogP contribution in [0.1, 0.15) is 0 Å². The Bertz CT molecular complexity index is 909. The maximum atomic E-state index is 5.61. The van der Waals surface area contributed by atoms with Crippen LogP contribution in [0.15, 0.2) is 57.8 Å². The molecule has 4 rings (SSSR count). The van der Waals surface area contributed by atoms with E-state index in [1.54, 1.807) is 24.6 Å². The van der Waals surface area contributed by atoms with E-state index in [0.29, 0.717) is 23.1 Å². The van der Waals surface area contributed by atoms with E-state index in [2.05, 4.69) is 15.1 Å². The molecular weight excluding hydrogens is 268 g/mol. The van der Waals surface area contributed by atoms with E-state index in [-0.39, 0.29) is 0 Å². The van der Waals surface area contributed by atoms with E-state index >= 15 is 0 Å². The third-order valence-corrected chi connectivity index (χ3v) is 3.15. The molecule has 3 heterocycles. The van der Waals surface area contributed by atoms with Gasteiger partial charge in [0, 0.05) is 5.39 Å². The van der Waals surface area contributed by atoms with Crippen molar-refractivity contribution in [1.29, 1.82) is 0 Å². The summed E-state index contributed by atoms with van der Waals surface area (Å²) in [6.07, 6.45) is 3.17. The molecule has 6 heteroatoms. The molecule has 0 bridgehead atoms. The quantitative estimate of drug-likeness (QED) is 0.605. The Balaban J connectivity index is 1.79. The van der Waals surface area contributed by atoms with E-state index < -0.39 is 0 Å². The van der Waals surface area contributed by atoms with E-state index in [9.17, 15) is 0 Å². The number of furan rings is 1. The van der Waals surface area contributed by atoms with Gasteiger partial charge in [0.25, 0.3) is 5.89 Å². The predicted octanol–water partition coefficient (Wildman–Crippen LogP) is 3.13. The number of nitrogens with zero attached hydrogens (tertiary/aromatic N) is 3. The lowest BCUT2D eigenvalue weighted by atomic mass is 10.2. The van der Waals surface area contributed by atoms with Gasteiger partial charge in [0.1, 0.15) is 17.5 Å². The SMILES string of the molecule is Nc1ccc(-c2nc(-c3coc4ccccc34)no2)nc1. The topological polar surface area (TPSA) is 91.0 Å². The lowest BCUT2D eigenvalue weighted by Gasteiger charge is -1.93. The van der Waals surface area contributed by atoms with Crippen LogP contribution in [-0.4, -0.2) is 15.1 Å². The number of rotatable bonds is 2. The normalized spacial score (nSPS) is 11.0. The fourth-order valence-corrected chi connectivity index (χ4v) is 2.12. The van der Waals surface area contributed by atoms with Crippen LogP contribution in [0.5, 0.6) is 0 Å². The van der Waals surface area contributed by atoms with Crippen molar-refractivity contribution in [1.82, 2.24) is 15.1 Å². The summed E-state index contributed by atoms with van der Waals surface area (Å²) in [5, 5.41) is 4.93. The average molecular weight is 278 g/mol. The highest BCUT2D eigenvalue weighted by molar-refractivity contribution is 5.91. The number of aromatic nitrogens is 3. The van der Waals surface area contributed by atoms with Crippen molar-refractivity contribution in [2.45, 2.75) is 0 Å². The fraction of sp³-hybridized carbons (Fsp3) is 0. The van der Waals surface area contributed by atoms with Gasteiger partial charge in [-0.1, -0.05) is 23.4 Å². The number of nitrogen functional groups attached to an aromatic ring is 1. The molecule has 6 nitrogen and oxygen atoms in total. The number of benzene rings is 1. The molecule has 4 aromatic rings. The molecule has 0 fully saturated rings. The third-order valence-electron chi connectivity index (χ3n) is 3.15. The summed E-state index contributed by atoms with van der Waals surface area (Å²) in [5.74, 6) is 0.809. The second kappa shape index (κ2) is 4.45. The van der Waals surface area contributed by atoms with Gasteiger partial charge in [0.2, 0.25) is 5.82 Å². The van der Waals surface area contributed by atoms with E-state index in [1.807, 2.05) is 24.3 Å². The maximum Gasteiger partial charge on any atom is 0.276 e. The monoisotopic (exact) mass is 278 g/mol. The lowest BCUT2D eigenvalue weighted by molar-refractivity contribution is 0.431. The minimum Gasteiger partial charge on any atom is -0.464 e. The zero-order chi connectivity index (χ0) is 14.2. The summed E-state index contributed by atoms with van der Waals surface area (Å²) in [6.45, 7) is 0. The van der Waals surface area contributed by atoms with Crippen LogP contribution in [-0.2, 0) is 0 Å². The zero-order valence-electron chi connectivity index (χ0n) is 10.9. The molecule has 1 aromatic carbocycles. The molecule has 0 aliphatic carbocycles. The molecule has 0 spiro atoms. The summed E-state index contributed by atoms with van der Waals surface area (Å²) in [7, 11) is 0. The van der Waals surface area contributed by atoms with Crippen LogP contribution in [0.4, 0.5) is 5.69 Å². The first-order chi connectivity index (χ1) is 10.3. The lowest BCUT2D eigenvalue weighted by Crippen LogP contribution is -1.88. The molecule has 102 valence electrons. The fourth-order valence-electron chi connectivity index (χ4n) is 2.12. The van der Waals surface area contributed by atoms with Crippen LogP contribution >= 0.6 is 0 Å². The van der Waals surface area contributed by atoms with Crippen molar-refractivity contribution in [3.05, 3.63) is 48.9 Å². The standard InChI is InChI=1S/C15H10N4O2/c16-9-5-6-12(17-7-9)15-18-14(19-21-15)11-8-20-13-4-2-1-3-10(11)13/h1-8H,16H2. The summed E-state index contributed by atoms with van der Waals surface area (Å²) in [5.41, 5.74) is 8.34. The van der Waals surface area contributed by atoms with Gasteiger partial charge in [-0.25, -0.2) is 4.98 Å². The van der Waals surface area contributed by atoms with Gasteiger partial charge >= 0.3 is 0 Å². The van der Waals surface area contributed by atoms with Crippen molar-refractivity contribution in [2.24, 2.45) is 0 Å². The molecule has 0 amide bonds. The van der Waals surface area contributed by atoms with Crippen LogP contribution in [0.2, 0.25) is 0 Å². The minimum absolute atomic E-state index is 0.343. The molecule has 0 atom stereocenters. The summed E-state index contributed by atoms with van der Waals surface area (Å²) in [4.78, 5) is 8.52. The van der Waals surface area contributed by atoms with Crippen molar-refractivity contribution in [2.75, 3.05) is 5.73 Å². The molecule has 2 N–H and O–H groups in total. The highest BCUT2D eigenvalue weighted by atomic mass is 16.5. The van der Waals surface area contributed by atoms with Crippen LogP contribution in [0.25, 0.3) is 33.9 Å². The predicted molar refractivity (Wildman–Crippen MR) is 77.1 cm³/mol. The number of para-hydroxylation sites is 1. The maximum absolute atomic E-state index is 5.61. The molecule has 0 radical (unpaired) electrons. The Morgan fingerprint density at radius 1 is 1.05 bits per heavy atom. The third kappa shape index (κ3) is 1.93. The molecule has 0 unspecified atom stereocenters. The second-order valence-corrected chi connectivity index (χ2v) is 4.55. The Labute approximate surface area is 119 Å². The number of hydrogen-bond donors (Lipinski definition) is 1. The molecule has 0 aliphatic heterocycles.